The molecule has 1 saturated heterocycles. The molecule has 100 valence electrons. The highest BCUT2D eigenvalue weighted by atomic mass is 16.5. The van der Waals surface area contributed by atoms with Gasteiger partial charge in [-0.2, -0.15) is 0 Å². The van der Waals surface area contributed by atoms with E-state index in [0.29, 0.717) is 31.3 Å². The van der Waals surface area contributed by atoms with Crippen molar-refractivity contribution in [3.8, 4) is 0 Å². The summed E-state index contributed by atoms with van der Waals surface area (Å²) in [5, 5.41) is 9.24. The standard InChI is InChI=1S/C13H20N2O3/c1-3-18-13(4-6-17-7-5-13)12-14-10(2)8-11(9-16)15-12/h8,16H,3-7,9H2,1-2H3. The lowest BCUT2D eigenvalue weighted by molar-refractivity contribution is -0.118. The molecule has 0 radical (unpaired) electrons. The fraction of sp³-hybridized carbons (Fsp3) is 0.692. The van der Waals surface area contributed by atoms with Crippen molar-refractivity contribution in [1.82, 2.24) is 9.97 Å². The smallest absolute Gasteiger partial charge is 0.161 e. The van der Waals surface area contributed by atoms with E-state index in [1.54, 1.807) is 6.07 Å². The predicted molar refractivity (Wildman–Crippen MR) is 66.0 cm³/mol. The third-order valence-electron chi connectivity index (χ3n) is 3.20. The number of aromatic nitrogens is 2. The fourth-order valence-corrected chi connectivity index (χ4v) is 2.33. The molecular weight excluding hydrogens is 232 g/mol. The first-order valence-electron chi connectivity index (χ1n) is 6.38. The van der Waals surface area contributed by atoms with Gasteiger partial charge in [0.15, 0.2) is 5.82 Å². The predicted octanol–water partition coefficient (Wildman–Crippen LogP) is 1.32. The molecule has 0 amide bonds. The first-order valence-corrected chi connectivity index (χ1v) is 6.38. The molecule has 0 atom stereocenters. The van der Waals surface area contributed by atoms with Gasteiger partial charge in [-0.1, -0.05) is 0 Å². The van der Waals surface area contributed by atoms with Gasteiger partial charge in [-0.05, 0) is 19.9 Å². The number of aliphatic hydroxyl groups is 1. The number of hydrogen-bond donors (Lipinski definition) is 1. The van der Waals surface area contributed by atoms with Crippen molar-refractivity contribution in [3.63, 3.8) is 0 Å². The number of hydrogen-bond acceptors (Lipinski definition) is 5. The van der Waals surface area contributed by atoms with Crippen molar-refractivity contribution in [1.29, 1.82) is 0 Å². The summed E-state index contributed by atoms with van der Waals surface area (Å²) in [6.45, 7) is 5.74. The van der Waals surface area contributed by atoms with Crippen LogP contribution >= 0.6 is 0 Å². The number of ether oxygens (including phenoxy) is 2. The second-order valence-corrected chi connectivity index (χ2v) is 4.52. The van der Waals surface area contributed by atoms with E-state index in [9.17, 15) is 5.11 Å². The Kier molecular flexibility index (Phi) is 4.27. The van der Waals surface area contributed by atoms with Crippen LogP contribution in [0.2, 0.25) is 0 Å². The summed E-state index contributed by atoms with van der Waals surface area (Å²) in [5.41, 5.74) is 1.04. The van der Waals surface area contributed by atoms with Crippen LogP contribution in [0.5, 0.6) is 0 Å². The molecule has 0 saturated carbocycles. The van der Waals surface area contributed by atoms with E-state index >= 15 is 0 Å². The molecule has 1 aromatic rings. The topological polar surface area (TPSA) is 64.5 Å². The zero-order chi connectivity index (χ0) is 13.0. The maximum atomic E-state index is 9.24. The maximum Gasteiger partial charge on any atom is 0.161 e. The van der Waals surface area contributed by atoms with Crippen LogP contribution in [0, 0.1) is 6.92 Å². The van der Waals surface area contributed by atoms with E-state index in [1.807, 2.05) is 13.8 Å². The SMILES string of the molecule is CCOC1(c2nc(C)cc(CO)n2)CCOCC1. The Morgan fingerprint density at radius 1 is 1.39 bits per heavy atom. The third kappa shape index (κ3) is 2.68. The van der Waals surface area contributed by atoms with Gasteiger partial charge in [0.25, 0.3) is 0 Å². The Labute approximate surface area is 107 Å². The summed E-state index contributed by atoms with van der Waals surface area (Å²) in [7, 11) is 0. The molecule has 0 aliphatic carbocycles. The van der Waals surface area contributed by atoms with Gasteiger partial charge in [0.1, 0.15) is 5.60 Å². The molecule has 2 rings (SSSR count). The molecule has 1 aliphatic heterocycles. The van der Waals surface area contributed by atoms with Crippen molar-refractivity contribution in [2.45, 2.75) is 38.9 Å². The van der Waals surface area contributed by atoms with Gasteiger partial charge in [-0.15, -0.1) is 0 Å². The van der Waals surface area contributed by atoms with Crippen LogP contribution in [0.15, 0.2) is 6.07 Å². The highest BCUT2D eigenvalue weighted by Crippen LogP contribution is 2.34. The summed E-state index contributed by atoms with van der Waals surface area (Å²) in [6, 6.07) is 1.79. The van der Waals surface area contributed by atoms with Crippen LogP contribution in [-0.4, -0.2) is 34.9 Å². The average molecular weight is 252 g/mol. The number of aryl methyl sites for hydroxylation is 1. The van der Waals surface area contributed by atoms with E-state index in [0.717, 1.165) is 18.5 Å². The van der Waals surface area contributed by atoms with Crippen molar-refractivity contribution < 1.29 is 14.6 Å². The number of aliphatic hydroxyl groups excluding tert-OH is 1. The number of rotatable bonds is 4. The van der Waals surface area contributed by atoms with E-state index in [1.165, 1.54) is 0 Å². The van der Waals surface area contributed by atoms with Crippen molar-refractivity contribution in [2.75, 3.05) is 19.8 Å². The Bertz CT molecular complexity index is 398. The minimum Gasteiger partial charge on any atom is -0.390 e. The zero-order valence-corrected chi connectivity index (χ0v) is 11.0. The van der Waals surface area contributed by atoms with Gasteiger partial charge in [-0.3, -0.25) is 0 Å². The van der Waals surface area contributed by atoms with Crippen LogP contribution in [-0.2, 0) is 21.7 Å². The first kappa shape index (κ1) is 13.4. The first-order chi connectivity index (χ1) is 8.70. The van der Waals surface area contributed by atoms with Crippen molar-refractivity contribution >= 4 is 0 Å². The molecule has 18 heavy (non-hydrogen) atoms. The summed E-state index contributed by atoms with van der Waals surface area (Å²) < 4.78 is 11.3. The third-order valence-corrected chi connectivity index (χ3v) is 3.20. The van der Waals surface area contributed by atoms with Gasteiger partial charge in [0.2, 0.25) is 0 Å². The lowest BCUT2D eigenvalue weighted by Crippen LogP contribution is -2.38. The van der Waals surface area contributed by atoms with Crippen LogP contribution in [0.4, 0.5) is 0 Å². The monoisotopic (exact) mass is 252 g/mol. The largest absolute Gasteiger partial charge is 0.390 e. The molecule has 1 fully saturated rings. The minimum atomic E-state index is -0.455. The summed E-state index contributed by atoms with van der Waals surface area (Å²) in [6.07, 6.45) is 1.52. The van der Waals surface area contributed by atoms with Gasteiger partial charge in [0.05, 0.1) is 12.3 Å². The van der Waals surface area contributed by atoms with Crippen LogP contribution in [0.25, 0.3) is 0 Å². The van der Waals surface area contributed by atoms with E-state index in [4.69, 9.17) is 9.47 Å². The molecule has 0 aromatic carbocycles. The Morgan fingerprint density at radius 2 is 2.11 bits per heavy atom. The van der Waals surface area contributed by atoms with Crippen LogP contribution in [0.1, 0.15) is 37.0 Å². The summed E-state index contributed by atoms with van der Waals surface area (Å²) in [4.78, 5) is 8.92. The second kappa shape index (κ2) is 5.73. The molecule has 1 N–H and O–H groups in total. The molecule has 5 nitrogen and oxygen atoms in total. The lowest BCUT2D eigenvalue weighted by Gasteiger charge is -2.35. The van der Waals surface area contributed by atoms with Gasteiger partial charge >= 0.3 is 0 Å². The highest BCUT2D eigenvalue weighted by Gasteiger charge is 2.38. The second-order valence-electron chi connectivity index (χ2n) is 4.52. The molecule has 1 aromatic heterocycles. The molecule has 2 heterocycles. The van der Waals surface area contributed by atoms with Gasteiger partial charge < -0.3 is 14.6 Å². The molecule has 0 bridgehead atoms. The van der Waals surface area contributed by atoms with Crippen molar-refractivity contribution in [2.24, 2.45) is 0 Å². The minimum absolute atomic E-state index is 0.0743. The Morgan fingerprint density at radius 3 is 2.72 bits per heavy atom. The van der Waals surface area contributed by atoms with Gasteiger partial charge in [0, 0.05) is 38.4 Å². The number of nitrogens with zero attached hydrogens (tertiary/aromatic N) is 2. The zero-order valence-electron chi connectivity index (χ0n) is 11.0. The Balaban J connectivity index is 2.37. The van der Waals surface area contributed by atoms with Gasteiger partial charge in [-0.25, -0.2) is 9.97 Å². The van der Waals surface area contributed by atoms with E-state index in [2.05, 4.69) is 9.97 Å². The average Bonchev–Trinajstić information content (AvgIpc) is 2.39. The molecule has 0 unspecified atom stereocenters. The quantitative estimate of drug-likeness (QED) is 0.875. The van der Waals surface area contributed by atoms with Crippen molar-refractivity contribution in [3.05, 3.63) is 23.3 Å². The van der Waals surface area contributed by atoms with E-state index < -0.39 is 5.60 Å². The molecular formula is C13H20N2O3. The summed E-state index contributed by atoms with van der Waals surface area (Å²) >= 11 is 0. The maximum absolute atomic E-state index is 9.24. The summed E-state index contributed by atoms with van der Waals surface area (Å²) in [5.74, 6) is 0.678. The lowest BCUT2D eigenvalue weighted by atomic mass is 9.92. The van der Waals surface area contributed by atoms with Crippen LogP contribution in [0.3, 0.4) is 0 Å². The van der Waals surface area contributed by atoms with E-state index in [-0.39, 0.29) is 6.61 Å². The normalized spacial score (nSPS) is 18.8. The Hall–Kier alpha value is -1.04. The van der Waals surface area contributed by atoms with Crippen LogP contribution < -0.4 is 0 Å². The molecule has 0 spiro atoms. The highest BCUT2D eigenvalue weighted by molar-refractivity contribution is 5.14. The molecule has 1 aliphatic rings. The fourth-order valence-electron chi connectivity index (χ4n) is 2.33. The molecule has 5 heteroatoms.